The highest BCUT2D eigenvalue weighted by Crippen LogP contribution is 2.52. The number of aromatic carboxylic acids is 1. The summed E-state index contributed by atoms with van der Waals surface area (Å²) in [6.07, 6.45) is 0.401. The number of carboxylic acids is 2. The predicted molar refractivity (Wildman–Crippen MR) is 101 cm³/mol. The lowest BCUT2D eigenvalue weighted by Crippen LogP contribution is -2.35. The normalized spacial score (nSPS) is 20.8. The van der Waals surface area contributed by atoms with E-state index in [1.807, 2.05) is 54.6 Å². The lowest BCUT2D eigenvalue weighted by atomic mass is 9.74. The quantitative estimate of drug-likeness (QED) is 0.729. The Bertz CT molecular complexity index is 1010. The first kappa shape index (κ1) is 17.0. The third-order valence-electron chi connectivity index (χ3n) is 5.50. The lowest BCUT2D eigenvalue weighted by molar-refractivity contribution is -0.142. The molecule has 3 aromatic carbocycles. The van der Waals surface area contributed by atoms with Crippen molar-refractivity contribution in [2.75, 3.05) is 0 Å². The zero-order valence-electron chi connectivity index (χ0n) is 14.5. The van der Waals surface area contributed by atoms with E-state index < -0.39 is 17.4 Å². The van der Waals surface area contributed by atoms with Crippen molar-refractivity contribution in [1.29, 1.82) is 0 Å². The molecule has 0 radical (unpaired) electrons. The molecule has 0 bridgehead atoms. The van der Waals surface area contributed by atoms with Crippen LogP contribution in [0.2, 0.25) is 0 Å². The lowest BCUT2D eigenvalue weighted by Gasteiger charge is -2.27. The van der Waals surface area contributed by atoms with Gasteiger partial charge in [-0.2, -0.15) is 0 Å². The van der Waals surface area contributed by atoms with E-state index in [0.29, 0.717) is 12.0 Å². The highest BCUT2D eigenvalue weighted by molar-refractivity contribution is 5.90. The topological polar surface area (TPSA) is 74.6 Å². The second kappa shape index (κ2) is 6.40. The van der Waals surface area contributed by atoms with Crippen LogP contribution in [0.5, 0.6) is 0 Å². The van der Waals surface area contributed by atoms with Crippen LogP contribution < -0.4 is 0 Å². The van der Waals surface area contributed by atoms with Crippen molar-refractivity contribution in [3.05, 3.63) is 107 Å². The van der Waals surface area contributed by atoms with Gasteiger partial charge in [0.25, 0.3) is 0 Å². The summed E-state index contributed by atoms with van der Waals surface area (Å²) < 4.78 is 0. The largest absolute Gasteiger partial charge is 0.480 e. The number of carbonyl (C=O) groups is 2. The summed E-state index contributed by atoms with van der Waals surface area (Å²) in [5.41, 5.74) is 2.41. The summed E-state index contributed by atoms with van der Waals surface area (Å²) in [6.45, 7) is 0. The van der Waals surface area contributed by atoms with Gasteiger partial charge in [-0.1, -0.05) is 66.7 Å². The molecule has 0 spiro atoms. The molecule has 4 heteroatoms. The van der Waals surface area contributed by atoms with Crippen molar-refractivity contribution in [3.8, 4) is 0 Å². The standard InChI is InChI=1S/C23H18O4/c24-21(25)16-10-12-17(13-11-16)23(22(26)27)14-19(15-6-2-1-3-7-15)18-8-4-5-9-20(18)23/h1-13,19H,14H2,(H,24,25)(H,26,27). The van der Waals surface area contributed by atoms with E-state index in [4.69, 9.17) is 5.11 Å². The van der Waals surface area contributed by atoms with Gasteiger partial charge in [0.05, 0.1) is 5.56 Å². The molecule has 0 saturated carbocycles. The molecule has 27 heavy (non-hydrogen) atoms. The van der Waals surface area contributed by atoms with Crippen LogP contribution in [0.3, 0.4) is 0 Å². The van der Waals surface area contributed by atoms with E-state index >= 15 is 0 Å². The van der Waals surface area contributed by atoms with Crippen molar-refractivity contribution in [3.63, 3.8) is 0 Å². The van der Waals surface area contributed by atoms with Crippen LogP contribution >= 0.6 is 0 Å². The molecule has 3 aromatic rings. The van der Waals surface area contributed by atoms with Crippen molar-refractivity contribution >= 4 is 11.9 Å². The van der Waals surface area contributed by atoms with Gasteiger partial charge in [-0.3, -0.25) is 4.79 Å². The fourth-order valence-electron chi connectivity index (χ4n) is 4.20. The number of benzene rings is 3. The molecular formula is C23H18O4. The first-order valence-electron chi connectivity index (χ1n) is 8.75. The number of aliphatic carboxylic acids is 1. The zero-order chi connectivity index (χ0) is 19.0. The van der Waals surface area contributed by atoms with E-state index in [2.05, 4.69) is 0 Å². The fraction of sp³-hybridized carbons (Fsp3) is 0.130. The Morgan fingerprint density at radius 3 is 2.07 bits per heavy atom. The summed E-state index contributed by atoms with van der Waals surface area (Å²) in [5, 5.41) is 19.4. The Labute approximate surface area is 156 Å². The predicted octanol–water partition coefficient (Wildman–Crippen LogP) is 4.29. The number of carboxylic acid groups (broad SMARTS) is 2. The molecule has 134 valence electrons. The first-order chi connectivity index (χ1) is 13.0. The van der Waals surface area contributed by atoms with E-state index in [-0.39, 0.29) is 11.5 Å². The average molecular weight is 358 g/mol. The van der Waals surface area contributed by atoms with Gasteiger partial charge in [-0.25, -0.2) is 4.79 Å². The molecule has 2 N–H and O–H groups in total. The number of hydrogen-bond acceptors (Lipinski definition) is 2. The highest BCUT2D eigenvalue weighted by Gasteiger charge is 2.51. The molecule has 0 amide bonds. The van der Waals surface area contributed by atoms with Crippen molar-refractivity contribution in [2.45, 2.75) is 17.8 Å². The Morgan fingerprint density at radius 2 is 1.44 bits per heavy atom. The van der Waals surface area contributed by atoms with Gasteiger partial charge in [0, 0.05) is 5.92 Å². The van der Waals surface area contributed by atoms with E-state index in [0.717, 1.165) is 16.7 Å². The van der Waals surface area contributed by atoms with Gasteiger partial charge in [-0.15, -0.1) is 0 Å². The van der Waals surface area contributed by atoms with E-state index in [1.165, 1.54) is 12.1 Å². The summed E-state index contributed by atoms with van der Waals surface area (Å²) in [7, 11) is 0. The number of hydrogen-bond donors (Lipinski definition) is 2. The van der Waals surface area contributed by atoms with Crippen LogP contribution in [-0.4, -0.2) is 22.2 Å². The molecule has 0 aromatic heterocycles. The van der Waals surface area contributed by atoms with Crippen molar-refractivity contribution in [1.82, 2.24) is 0 Å². The molecule has 0 heterocycles. The van der Waals surface area contributed by atoms with Crippen LogP contribution in [0.15, 0.2) is 78.9 Å². The maximum absolute atomic E-state index is 12.6. The van der Waals surface area contributed by atoms with E-state index in [9.17, 15) is 14.7 Å². The summed E-state index contributed by atoms with van der Waals surface area (Å²) in [4.78, 5) is 23.7. The molecule has 0 fully saturated rings. The van der Waals surface area contributed by atoms with Gasteiger partial charge in [0.15, 0.2) is 0 Å². The molecule has 0 aliphatic heterocycles. The van der Waals surface area contributed by atoms with Gasteiger partial charge >= 0.3 is 11.9 Å². The minimum atomic E-state index is -1.20. The second-order valence-corrected chi connectivity index (χ2v) is 6.85. The fourth-order valence-corrected chi connectivity index (χ4v) is 4.20. The molecule has 0 saturated heterocycles. The van der Waals surface area contributed by atoms with Crippen LogP contribution in [0.4, 0.5) is 0 Å². The maximum atomic E-state index is 12.6. The Morgan fingerprint density at radius 1 is 0.815 bits per heavy atom. The van der Waals surface area contributed by atoms with Crippen molar-refractivity contribution < 1.29 is 19.8 Å². The Balaban J connectivity index is 1.91. The third kappa shape index (κ3) is 2.61. The van der Waals surface area contributed by atoms with Crippen molar-refractivity contribution in [2.24, 2.45) is 0 Å². The summed E-state index contributed by atoms with van der Waals surface area (Å²) >= 11 is 0. The Kier molecular flexibility index (Phi) is 4.04. The maximum Gasteiger partial charge on any atom is 0.335 e. The minimum absolute atomic E-state index is 0.0300. The molecule has 4 rings (SSSR count). The van der Waals surface area contributed by atoms with Crippen LogP contribution in [0.25, 0.3) is 0 Å². The molecule has 1 aliphatic carbocycles. The molecule has 2 atom stereocenters. The third-order valence-corrected chi connectivity index (χ3v) is 5.50. The minimum Gasteiger partial charge on any atom is -0.480 e. The summed E-state index contributed by atoms with van der Waals surface area (Å²) in [6, 6.07) is 23.8. The SMILES string of the molecule is O=C(O)c1ccc(C2(C(=O)O)CC(c3ccccc3)c3ccccc32)cc1. The zero-order valence-corrected chi connectivity index (χ0v) is 14.5. The van der Waals surface area contributed by atoms with Gasteiger partial charge in [0.1, 0.15) is 5.41 Å². The molecular weight excluding hydrogens is 340 g/mol. The Hall–Kier alpha value is -3.40. The number of fused-ring (bicyclic) bond motifs is 1. The molecule has 1 aliphatic rings. The first-order valence-corrected chi connectivity index (χ1v) is 8.75. The van der Waals surface area contributed by atoms with Crippen LogP contribution in [0.1, 0.15) is 45.0 Å². The molecule has 2 unspecified atom stereocenters. The molecule has 4 nitrogen and oxygen atoms in total. The van der Waals surface area contributed by atoms with E-state index in [1.54, 1.807) is 12.1 Å². The second-order valence-electron chi connectivity index (χ2n) is 6.85. The smallest absolute Gasteiger partial charge is 0.335 e. The number of rotatable bonds is 4. The highest BCUT2D eigenvalue weighted by atomic mass is 16.4. The average Bonchev–Trinajstić information content (AvgIpc) is 3.05. The van der Waals surface area contributed by atoms with Crippen LogP contribution in [0, 0.1) is 0 Å². The van der Waals surface area contributed by atoms with Gasteiger partial charge in [0.2, 0.25) is 0 Å². The van der Waals surface area contributed by atoms with Gasteiger partial charge < -0.3 is 10.2 Å². The van der Waals surface area contributed by atoms with Crippen LogP contribution in [-0.2, 0) is 10.2 Å². The summed E-state index contributed by atoms with van der Waals surface area (Å²) in [5.74, 6) is -1.98. The van der Waals surface area contributed by atoms with Gasteiger partial charge in [-0.05, 0) is 40.8 Å². The monoisotopic (exact) mass is 358 g/mol.